The molecule has 23 heavy (non-hydrogen) atoms. The van der Waals surface area contributed by atoms with Crippen LogP contribution in [0.1, 0.15) is 19.5 Å². The van der Waals surface area contributed by atoms with E-state index >= 15 is 0 Å². The van der Waals surface area contributed by atoms with E-state index in [4.69, 9.17) is 9.47 Å². The zero-order chi connectivity index (χ0) is 17.0. The second-order valence-corrected chi connectivity index (χ2v) is 5.07. The lowest BCUT2D eigenvalue weighted by Gasteiger charge is -2.22. The molecule has 2 rings (SSSR count). The summed E-state index contributed by atoms with van der Waals surface area (Å²) in [5.74, 6) is -0.573. The van der Waals surface area contributed by atoms with Crippen LogP contribution in [0, 0.1) is 15.9 Å². The van der Waals surface area contributed by atoms with E-state index < -0.39 is 22.0 Å². The van der Waals surface area contributed by atoms with Gasteiger partial charge in [-0.25, -0.2) is 0 Å². The van der Waals surface area contributed by atoms with Gasteiger partial charge in [0.25, 0.3) is 6.47 Å². The first-order valence-electron chi connectivity index (χ1n) is 6.53. The van der Waals surface area contributed by atoms with Crippen LogP contribution in [0.2, 0.25) is 0 Å². The molecular formula is C15H13FN2O5. The molecule has 0 aliphatic rings. The molecule has 0 atom stereocenters. The zero-order valence-electron chi connectivity index (χ0n) is 12.4. The van der Waals surface area contributed by atoms with Crippen molar-refractivity contribution < 1.29 is 23.6 Å². The molecule has 0 radical (unpaired) electrons. The first-order valence-corrected chi connectivity index (χ1v) is 6.53. The molecular weight excluding hydrogens is 307 g/mol. The Morgan fingerprint density at radius 2 is 1.96 bits per heavy atom. The predicted molar refractivity (Wildman–Crippen MR) is 77.5 cm³/mol. The molecule has 0 saturated carbocycles. The van der Waals surface area contributed by atoms with Crippen LogP contribution >= 0.6 is 0 Å². The molecule has 8 heteroatoms. The number of nitro benzene ring substituents is 1. The molecule has 1 aromatic carbocycles. The van der Waals surface area contributed by atoms with Gasteiger partial charge in [-0.1, -0.05) is 0 Å². The molecule has 2 aromatic rings. The molecule has 7 nitrogen and oxygen atoms in total. The molecule has 0 unspecified atom stereocenters. The Labute approximate surface area is 130 Å². The molecule has 120 valence electrons. The van der Waals surface area contributed by atoms with Crippen LogP contribution in [0.3, 0.4) is 0 Å². The topological polar surface area (TPSA) is 91.6 Å². The van der Waals surface area contributed by atoms with Crippen LogP contribution in [-0.4, -0.2) is 16.4 Å². The zero-order valence-corrected chi connectivity index (χ0v) is 12.4. The van der Waals surface area contributed by atoms with Crippen molar-refractivity contribution in [1.29, 1.82) is 0 Å². The van der Waals surface area contributed by atoms with E-state index in [1.54, 1.807) is 13.8 Å². The number of pyridine rings is 1. The van der Waals surface area contributed by atoms with E-state index in [0.717, 1.165) is 12.1 Å². The number of hydrogen-bond donors (Lipinski definition) is 0. The van der Waals surface area contributed by atoms with Crippen molar-refractivity contribution in [3.8, 4) is 11.5 Å². The highest BCUT2D eigenvalue weighted by atomic mass is 19.1. The fourth-order valence-corrected chi connectivity index (χ4v) is 1.82. The Kier molecular flexibility index (Phi) is 4.54. The predicted octanol–water partition coefficient (Wildman–Crippen LogP) is 3.33. The van der Waals surface area contributed by atoms with Crippen LogP contribution in [0.4, 0.5) is 10.1 Å². The van der Waals surface area contributed by atoms with Crippen molar-refractivity contribution in [3.63, 3.8) is 0 Å². The molecule has 1 aromatic heterocycles. The summed E-state index contributed by atoms with van der Waals surface area (Å²) in [7, 11) is 0. The standard InChI is InChI=1S/C15H13FN2O5/c1-15(2,22-9-19)14-8-11(5-6-17-14)23-10-3-4-13(18(20)21)12(16)7-10/h3-9H,1-2H3. The van der Waals surface area contributed by atoms with E-state index in [0.29, 0.717) is 17.9 Å². The van der Waals surface area contributed by atoms with E-state index in [1.807, 2.05) is 0 Å². The Balaban J connectivity index is 2.26. The number of ether oxygens (including phenoxy) is 2. The molecule has 0 bridgehead atoms. The maximum atomic E-state index is 13.6. The van der Waals surface area contributed by atoms with Gasteiger partial charge in [0.15, 0.2) is 0 Å². The molecule has 0 aliphatic heterocycles. The highest BCUT2D eigenvalue weighted by Gasteiger charge is 2.24. The van der Waals surface area contributed by atoms with Gasteiger partial charge in [-0.15, -0.1) is 0 Å². The average molecular weight is 320 g/mol. The lowest BCUT2D eigenvalue weighted by atomic mass is 10.0. The van der Waals surface area contributed by atoms with E-state index in [9.17, 15) is 19.3 Å². The first kappa shape index (κ1) is 16.3. The Hall–Kier alpha value is -3.03. The monoisotopic (exact) mass is 320 g/mol. The third kappa shape index (κ3) is 3.79. The third-order valence-electron chi connectivity index (χ3n) is 3.04. The molecule has 0 spiro atoms. The van der Waals surface area contributed by atoms with Gasteiger partial charge < -0.3 is 9.47 Å². The maximum absolute atomic E-state index is 13.6. The lowest BCUT2D eigenvalue weighted by molar-refractivity contribution is -0.387. The average Bonchev–Trinajstić information content (AvgIpc) is 2.47. The number of nitrogens with zero attached hydrogens (tertiary/aromatic N) is 2. The van der Waals surface area contributed by atoms with Crippen LogP contribution in [-0.2, 0) is 15.1 Å². The minimum absolute atomic E-state index is 0.0966. The number of nitro groups is 1. The molecule has 0 N–H and O–H groups in total. The van der Waals surface area contributed by atoms with Gasteiger partial charge in [0, 0.05) is 24.4 Å². The normalized spacial score (nSPS) is 10.9. The van der Waals surface area contributed by atoms with Crippen molar-refractivity contribution in [2.24, 2.45) is 0 Å². The summed E-state index contributed by atoms with van der Waals surface area (Å²) in [5.41, 5.74) is -1.15. The molecule has 1 heterocycles. The van der Waals surface area contributed by atoms with Gasteiger partial charge >= 0.3 is 5.69 Å². The van der Waals surface area contributed by atoms with Gasteiger partial charge in [0.2, 0.25) is 5.82 Å². The first-order chi connectivity index (χ1) is 10.8. The van der Waals surface area contributed by atoms with E-state index in [1.165, 1.54) is 24.4 Å². The maximum Gasteiger partial charge on any atom is 0.305 e. The van der Waals surface area contributed by atoms with E-state index in [2.05, 4.69) is 4.98 Å². The van der Waals surface area contributed by atoms with Crippen molar-refractivity contribution in [2.75, 3.05) is 0 Å². The fourth-order valence-electron chi connectivity index (χ4n) is 1.82. The molecule has 0 aliphatic carbocycles. The number of carbonyl (C=O) groups excluding carboxylic acids is 1. The third-order valence-corrected chi connectivity index (χ3v) is 3.04. The summed E-state index contributed by atoms with van der Waals surface area (Å²) in [6, 6.07) is 6.29. The van der Waals surface area contributed by atoms with Crippen molar-refractivity contribution >= 4 is 12.2 Å². The summed E-state index contributed by atoms with van der Waals surface area (Å²) >= 11 is 0. The lowest BCUT2D eigenvalue weighted by Crippen LogP contribution is -2.22. The highest BCUT2D eigenvalue weighted by Crippen LogP contribution is 2.29. The second-order valence-electron chi connectivity index (χ2n) is 5.07. The molecule has 0 saturated heterocycles. The smallest absolute Gasteiger partial charge is 0.305 e. The van der Waals surface area contributed by atoms with Crippen molar-refractivity contribution in [1.82, 2.24) is 4.98 Å². The van der Waals surface area contributed by atoms with Crippen LogP contribution in [0.25, 0.3) is 0 Å². The fraction of sp³-hybridized carbons (Fsp3) is 0.200. The molecule has 0 amide bonds. The van der Waals surface area contributed by atoms with Gasteiger partial charge in [0.1, 0.15) is 17.1 Å². The van der Waals surface area contributed by atoms with Crippen molar-refractivity contribution in [3.05, 3.63) is 58.2 Å². The van der Waals surface area contributed by atoms with Gasteiger partial charge in [-0.2, -0.15) is 4.39 Å². The Morgan fingerprint density at radius 3 is 2.57 bits per heavy atom. The SMILES string of the molecule is CC(C)(OC=O)c1cc(Oc2ccc([N+](=O)[O-])c(F)c2)ccn1. The Bertz CT molecular complexity index is 748. The van der Waals surface area contributed by atoms with Crippen LogP contribution < -0.4 is 4.74 Å². The summed E-state index contributed by atoms with van der Waals surface area (Å²) in [4.78, 5) is 24.4. The summed E-state index contributed by atoms with van der Waals surface area (Å²) < 4.78 is 24.0. The number of hydrogen-bond acceptors (Lipinski definition) is 6. The Morgan fingerprint density at radius 1 is 1.26 bits per heavy atom. The minimum atomic E-state index is -0.994. The number of halogens is 1. The van der Waals surface area contributed by atoms with E-state index in [-0.39, 0.29) is 5.75 Å². The minimum Gasteiger partial charge on any atom is -0.457 e. The highest BCUT2D eigenvalue weighted by molar-refractivity contribution is 5.41. The number of rotatable bonds is 6. The van der Waals surface area contributed by atoms with Crippen molar-refractivity contribution in [2.45, 2.75) is 19.4 Å². The largest absolute Gasteiger partial charge is 0.457 e. The second kappa shape index (κ2) is 6.39. The summed E-state index contributed by atoms with van der Waals surface area (Å²) in [6.45, 7) is 3.62. The number of carbonyl (C=O) groups is 1. The molecule has 0 fully saturated rings. The van der Waals surface area contributed by atoms with Crippen LogP contribution in [0.5, 0.6) is 11.5 Å². The van der Waals surface area contributed by atoms with Gasteiger partial charge in [0.05, 0.1) is 10.6 Å². The summed E-state index contributed by atoms with van der Waals surface area (Å²) in [5, 5.41) is 10.6. The van der Waals surface area contributed by atoms with Crippen LogP contribution in [0.15, 0.2) is 36.5 Å². The van der Waals surface area contributed by atoms with Gasteiger partial charge in [-0.05, 0) is 26.0 Å². The van der Waals surface area contributed by atoms with Gasteiger partial charge in [-0.3, -0.25) is 19.9 Å². The number of benzene rings is 1. The quantitative estimate of drug-likeness (QED) is 0.460. The summed E-state index contributed by atoms with van der Waals surface area (Å²) in [6.07, 6.45) is 1.45. The number of aromatic nitrogens is 1.